The van der Waals surface area contributed by atoms with Crippen molar-refractivity contribution in [3.8, 4) is 0 Å². The van der Waals surface area contributed by atoms with Crippen LogP contribution in [0, 0.1) is 5.92 Å². The molecule has 3 N–H and O–H groups in total. The van der Waals surface area contributed by atoms with Crippen LogP contribution in [0.4, 0.5) is 0 Å². The highest BCUT2D eigenvalue weighted by Gasteiger charge is 2.14. The smallest absolute Gasteiger partial charge is 0.261 e. The van der Waals surface area contributed by atoms with E-state index in [4.69, 9.17) is 5.73 Å². The van der Waals surface area contributed by atoms with E-state index >= 15 is 0 Å². The maximum absolute atomic E-state index is 12.5. The molecule has 0 aliphatic carbocycles. The molecule has 1 aromatic carbocycles. The molecule has 2 rings (SSSR count). The number of nitrogens with one attached hydrogen (secondary N) is 1. The molecule has 0 fully saturated rings. The van der Waals surface area contributed by atoms with E-state index in [1.165, 1.54) is 11.3 Å². The van der Waals surface area contributed by atoms with Crippen LogP contribution in [-0.4, -0.2) is 36.3 Å². The maximum atomic E-state index is 12.5. The summed E-state index contributed by atoms with van der Waals surface area (Å²) in [6.45, 7) is 5.24. The van der Waals surface area contributed by atoms with E-state index in [1.54, 1.807) is 30.1 Å². The summed E-state index contributed by atoms with van der Waals surface area (Å²) < 4.78 is 0. The van der Waals surface area contributed by atoms with Crippen molar-refractivity contribution in [3.05, 3.63) is 57.8 Å². The molecule has 26 heavy (non-hydrogen) atoms. The molecule has 5 nitrogen and oxygen atoms in total. The Balaban J connectivity index is 1.85. The van der Waals surface area contributed by atoms with Gasteiger partial charge in [-0.2, -0.15) is 0 Å². The molecule has 2 aromatic rings. The zero-order valence-corrected chi connectivity index (χ0v) is 16.4. The van der Waals surface area contributed by atoms with Crippen LogP contribution in [0.3, 0.4) is 0 Å². The molecule has 140 valence electrons. The summed E-state index contributed by atoms with van der Waals surface area (Å²) >= 11 is 1.41. The average Bonchev–Trinajstić information content (AvgIpc) is 3.18. The molecule has 1 heterocycles. The van der Waals surface area contributed by atoms with Gasteiger partial charge in [0.15, 0.2) is 0 Å². The van der Waals surface area contributed by atoms with Crippen LogP contribution in [0.25, 0.3) is 0 Å². The Kier molecular flexibility index (Phi) is 7.36. The van der Waals surface area contributed by atoms with Gasteiger partial charge in [-0.15, -0.1) is 11.3 Å². The standard InChI is InChI=1S/C20H27N3O2S/c1-14(2)17(21)10-11-23(3)20(25)16-8-6-15(7-9-16)13-22-19(24)18-5-4-12-26-18/h4-9,12,14,17H,10-11,13,21H2,1-3H3,(H,22,24). The number of nitrogens with two attached hydrogens (primary N) is 1. The van der Waals surface area contributed by atoms with Gasteiger partial charge in [0.05, 0.1) is 4.88 Å². The summed E-state index contributed by atoms with van der Waals surface area (Å²) in [6.07, 6.45) is 0.784. The quantitative estimate of drug-likeness (QED) is 0.746. The summed E-state index contributed by atoms with van der Waals surface area (Å²) in [5, 5.41) is 4.75. The summed E-state index contributed by atoms with van der Waals surface area (Å²) in [6, 6.07) is 11.1. The van der Waals surface area contributed by atoms with Crippen molar-refractivity contribution >= 4 is 23.2 Å². The molecule has 1 unspecified atom stereocenters. The minimum Gasteiger partial charge on any atom is -0.347 e. The van der Waals surface area contributed by atoms with Crippen molar-refractivity contribution in [2.45, 2.75) is 32.9 Å². The Morgan fingerprint density at radius 1 is 1.19 bits per heavy atom. The van der Waals surface area contributed by atoms with Crippen LogP contribution in [-0.2, 0) is 6.54 Å². The predicted molar refractivity (Wildman–Crippen MR) is 106 cm³/mol. The van der Waals surface area contributed by atoms with E-state index in [0.29, 0.717) is 29.4 Å². The minimum atomic E-state index is -0.0821. The van der Waals surface area contributed by atoms with Gasteiger partial charge < -0.3 is 16.0 Å². The van der Waals surface area contributed by atoms with Gasteiger partial charge >= 0.3 is 0 Å². The summed E-state index contributed by atoms with van der Waals surface area (Å²) in [7, 11) is 1.80. The van der Waals surface area contributed by atoms with Crippen LogP contribution in [0.1, 0.15) is 45.9 Å². The third-order valence-corrected chi connectivity index (χ3v) is 5.27. The van der Waals surface area contributed by atoms with Gasteiger partial charge in [-0.25, -0.2) is 0 Å². The summed E-state index contributed by atoms with van der Waals surface area (Å²) in [4.78, 5) is 26.8. The molecule has 0 aliphatic rings. The molecule has 0 aliphatic heterocycles. The summed E-state index contributed by atoms with van der Waals surface area (Å²) in [5.74, 6) is 0.304. The van der Waals surface area contributed by atoms with Gasteiger partial charge in [0.2, 0.25) is 0 Å². The molecule has 0 radical (unpaired) electrons. The van der Waals surface area contributed by atoms with Gasteiger partial charge in [-0.05, 0) is 41.5 Å². The molecule has 0 spiro atoms. The van der Waals surface area contributed by atoms with E-state index in [2.05, 4.69) is 19.2 Å². The van der Waals surface area contributed by atoms with Crippen LogP contribution >= 0.6 is 11.3 Å². The van der Waals surface area contributed by atoms with E-state index in [-0.39, 0.29) is 17.9 Å². The van der Waals surface area contributed by atoms with Gasteiger partial charge in [-0.3, -0.25) is 9.59 Å². The Bertz CT molecular complexity index is 711. The SMILES string of the molecule is CC(C)C(N)CCN(C)C(=O)c1ccc(CNC(=O)c2cccs2)cc1. The average molecular weight is 374 g/mol. The number of carbonyl (C=O) groups is 2. The molecular formula is C20H27N3O2S. The second-order valence-corrected chi connectivity index (χ2v) is 7.73. The van der Waals surface area contributed by atoms with Crippen molar-refractivity contribution in [2.24, 2.45) is 11.7 Å². The fourth-order valence-corrected chi connectivity index (χ4v) is 3.08. The van der Waals surface area contributed by atoms with Crippen molar-refractivity contribution in [2.75, 3.05) is 13.6 Å². The van der Waals surface area contributed by atoms with Crippen molar-refractivity contribution in [3.63, 3.8) is 0 Å². The lowest BCUT2D eigenvalue weighted by atomic mass is 10.0. The second kappa shape index (κ2) is 9.50. The topological polar surface area (TPSA) is 75.4 Å². The van der Waals surface area contributed by atoms with Crippen molar-refractivity contribution < 1.29 is 9.59 Å². The molecule has 2 amide bonds. The van der Waals surface area contributed by atoms with Crippen LogP contribution in [0.5, 0.6) is 0 Å². The Morgan fingerprint density at radius 2 is 1.88 bits per heavy atom. The lowest BCUT2D eigenvalue weighted by Crippen LogP contribution is -2.34. The predicted octanol–water partition coefficient (Wildman–Crippen LogP) is 3.12. The number of hydrogen-bond acceptors (Lipinski definition) is 4. The highest BCUT2D eigenvalue weighted by Crippen LogP contribution is 2.11. The molecule has 0 bridgehead atoms. The van der Waals surface area contributed by atoms with E-state index in [1.807, 2.05) is 23.6 Å². The molecule has 0 saturated carbocycles. The largest absolute Gasteiger partial charge is 0.347 e. The number of rotatable bonds is 8. The zero-order valence-electron chi connectivity index (χ0n) is 15.6. The monoisotopic (exact) mass is 373 g/mol. The third-order valence-electron chi connectivity index (χ3n) is 4.40. The zero-order chi connectivity index (χ0) is 19.1. The first kappa shape index (κ1) is 20.1. The number of thiophene rings is 1. The number of hydrogen-bond donors (Lipinski definition) is 2. The van der Waals surface area contributed by atoms with E-state index in [0.717, 1.165) is 12.0 Å². The fraction of sp³-hybridized carbons (Fsp3) is 0.400. The molecule has 1 aromatic heterocycles. The summed E-state index contributed by atoms with van der Waals surface area (Å²) in [5.41, 5.74) is 7.64. The Labute approximate surface area is 159 Å². The fourth-order valence-electron chi connectivity index (χ4n) is 2.44. The van der Waals surface area contributed by atoms with Crippen LogP contribution in [0.2, 0.25) is 0 Å². The van der Waals surface area contributed by atoms with E-state index < -0.39 is 0 Å². The third kappa shape index (κ3) is 5.68. The number of benzene rings is 1. The van der Waals surface area contributed by atoms with Crippen LogP contribution < -0.4 is 11.1 Å². The minimum absolute atomic E-state index is 0.0184. The molecular weight excluding hydrogens is 346 g/mol. The first-order valence-electron chi connectivity index (χ1n) is 8.80. The normalized spacial score (nSPS) is 12.0. The van der Waals surface area contributed by atoms with Gasteiger partial charge in [0, 0.05) is 31.7 Å². The molecule has 1 atom stereocenters. The van der Waals surface area contributed by atoms with Crippen molar-refractivity contribution in [1.29, 1.82) is 0 Å². The number of amides is 2. The van der Waals surface area contributed by atoms with Crippen LogP contribution in [0.15, 0.2) is 41.8 Å². The number of nitrogens with zero attached hydrogens (tertiary/aromatic N) is 1. The second-order valence-electron chi connectivity index (χ2n) is 6.78. The highest BCUT2D eigenvalue weighted by molar-refractivity contribution is 7.12. The van der Waals surface area contributed by atoms with Gasteiger partial charge in [0.1, 0.15) is 0 Å². The van der Waals surface area contributed by atoms with E-state index in [9.17, 15) is 9.59 Å². The molecule has 6 heteroatoms. The lowest BCUT2D eigenvalue weighted by molar-refractivity contribution is 0.0788. The maximum Gasteiger partial charge on any atom is 0.261 e. The number of carbonyl (C=O) groups excluding carboxylic acids is 2. The first-order valence-corrected chi connectivity index (χ1v) is 9.68. The Morgan fingerprint density at radius 3 is 2.46 bits per heavy atom. The Hall–Kier alpha value is -2.18. The highest BCUT2D eigenvalue weighted by atomic mass is 32.1. The lowest BCUT2D eigenvalue weighted by Gasteiger charge is -2.21. The molecule has 0 saturated heterocycles. The van der Waals surface area contributed by atoms with Gasteiger partial charge in [0.25, 0.3) is 11.8 Å². The van der Waals surface area contributed by atoms with Crippen molar-refractivity contribution in [1.82, 2.24) is 10.2 Å². The van der Waals surface area contributed by atoms with Gasteiger partial charge in [-0.1, -0.05) is 32.0 Å². The first-order chi connectivity index (χ1) is 12.4.